The first-order valence-corrected chi connectivity index (χ1v) is 5.97. The summed E-state index contributed by atoms with van der Waals surface area (Å²) >= 11 is 0. The van der Waals surface area contributed by atoms with Gasteiger partial charge in [0, 0.05) is 25.6 Å². The van der Waals surface area contributed by atoms with E-state index in [1.54, 1.807) is 7.11 Å². The monoisotopic (exact) mass is 219 g/mol. The SMILES string of the molecule is COC(C)CC1(c2ccc(C)cc2)CNC1. The van der Waals surface area contributed by atoms with Gasteiger partial charge in [0.15, 0.2) is 0 Å². The summed E-state index contributed by atoms with van der Waals surface area (Å²) in [6, 6.07) is 8.93. The zero-order valence-electron chi connectivity index (χ0n) is 10.4. The van der Waals surface area contributed by atoms with Crippen molar-refractivity contribution in [2.75, 3.05) is 20.2 Å². The summed E-state index contributed by atoms with van der Waals surface area (Å²) in [5, 5.41) is 3.39. The Balaban J connectivity index is 2.17. The second-order valence-electron chi connectivity index (χ2n) is 5.00. The van der Waals surface area contributed by atoms with E-state index in [1.807, 2.05) is 0 Å². The van der Waals surface area contributed by atoms with E-state index in [9.17, 15) is 0 Å². The Morgan fingerprint density at radius 1 is 1.31 bits per heavy atom. The highest BCUT2D eigenvalue weighted by atomic mass is 16.5. The van der Waals surface area contributed by atoms with Crippen LogP contribution in [0.3, 0.4) is 0 Å². The average Bonchev–Trinajstić information content (AvgIpc) is 2.24. The molecule has 1 aromatic carbocycles. The first kappa shape index (κ1) is 11.6. The van der Waals surface area contributed by atoms with E-state index in [0.717, 1.165) is 19.5 Å². The van der Waals surface area contributed by atoms with Crippen molar-refractivity contribution in [1.29, 1.82) is 0 Å². The minimum atomic E-state index is 0.295. The van der Waals surface area contributed by atoms with E-state index < -0.39 is 0 Å². The third-order valence-electron chi connectivity index (χ3n) is 3.67. The molecule has 0 saturated carbocycles. The van der Waals surface area contributed by atoms with Crippen LogP contribution in [0.25, 0.3) is 0 Å². The molecule has 0 bridgehead atoms. The number of hydrogen-bond donors (Lipinski definition) is 1. The van der Waals surface area contributed by atoms with Crippen LogP contribution >= 0.6 is 0 Å². The Bertz CT molecular complexity index is 340. The molecule has 1 heterocycles. The van der Waals surface area contributed by atoms with E-state index in [4.69, 9.17) is 4.74 Å². The topological polar surface area (TPSA) is 21.3 Å². The van der Waals surface area contributed by atoms with Gasteiger partial charge in [-0.1, -0.05) is 29.8 Å². The fourth-order valence-corrected chi connectivity index (χ4v) is 2.43. The van der Waals surface area contributed by atoms with Crippen LogP contribution in [-0.2, 0) is 10.2 Å². The molecule has 0 amide bonds. The lowest BCUT2D eigenvalue weighted by molar-refractivity contribution is 0.0717. The molecule has 2 rings (SSSR count). The number of methoxy groups -OCH3 is 1. The normalized spacial score (nSPS) is 20.2. The van der Waals surface area contributed by atoms with Crippen LogP contribution < -0.4 is 5.32 Å². The molecule has 16 heavy (non-hydrogen) atoms. The first-order valence-electron chi connectivity index (χ1n) is 5.97. The summed E-state index contributed by atoms with van der Waals surface area (Å²) < 4.78 is 5.40. The molecule has 1 unspecified atom stereocenters. The largest absolute Gasteiger partial charge is 0.382 e. The summed E-state index contributed by atoms with van der Waals surface area (Å²) in [4.78, 5) is 0. The van der Waals surface area contributed by atoms with Crippen molar-refractivity contribution in [1.82, 2.24) is 5.32 Å². The minimum Gasteiger partial charge on any atom is -0.382 e. The summed E-state index contributed by atoms with van der Waals surface area (Å²) in [6.07, 6.45) is 1.42. The van der Waals surface area contributed by atoms with Gasteiger partial charge in [-0.3, -0.25) is 0 Å². The average molecular weight is 219 g/mol. The highest BCUT2D eigenvalue weighted by Crippen LogP contribution is 2.34. The van der Waals surface area contributed by atoms with E-state index in [-0.39, 0.29) is 0 Å². The molecule has 0 aliphatic carbocycles. The van der Waals surface area contributed by atoms with Crippen molar-refractivity contribution in [2.24, 2.45) is 0 Å². The summed E-state index contributed by atoms with van der Waals surface area (Å²) in [7, 11) is 1.79. The highest BCUT2D eigenvalue weighted by Gasteiger charge is 2.39. The Labute approximate surface area is 98.0 Å². The standard InChI is InChI=1S/C14H21NO/c1-11-4-6-13(7-5-11)14(9-15-10-14)8-12(2)16-3/h4-7,12,15H,8-10H2,1-3H3. The first-order chi connectivity index (χ1) is 7.66. The molecule has 1 aromatic rings. The molecule has 0 spiro atoms. The van der Waals surface area contributed by atoms with Crippen molar-refractivity contribution in [3.8, 4) is 0 Å². The van der Waals surface area contributed by atoms with Gasteiger partial charge in [-0.2, -0.15) is 0 Å². The van der Waals surface area contributed by atoms with Gasteiger partial charge >= 0.3 is 0 Å². The molecule has 1 aliphatic heterocycles. The Morgan fingerprint density at radius 3 is 2.38 bits per heavy atom. The third kappa shape index (κ3) is 2.13. The Kier molecular flexibility index (Phi) is 3.31. The van der Waals surface area contributed by atoms with Crippen LogP contribution in [0.15, 0.2) is 24.3 Å². The number of nitrogens with one attached hydrogen (secondary N) is 1. The van der Waals surface area contributed by atoms with Crippen molar-refractivity contribution in [3.05, 3.63) is 35.4 Å². The molecule has 1 N–H and O–H groups in total. The van der Waals surface area contributed by atoms with Gasteiger partial charge in [-0.15, -0.1) is 0 Å². The molecule has 1 aliphatic rings. The van der Waals surface area contributed by atoms with E-state index in [1.165, 1.54) is 11.1 Å². The summed E-state index contributed by atoms with van der Waals surface area (Å²) in [6.45, 7) is 6.43. The molecule has 2 nitrogen and oxygen atoms in total. The maximum Gasteiger partial charge on any atom is 0.0552 e. The van der Waals surface area contributed by atoms with Gasteiger partial charge < -0.3 is 10.1 Å². The second-order valence-corrected chi connectivity index (χ2v) is 5.00. The lowest BCUT2D eigenvalue weighted by atomic mass is 9.71. The fourth-order valence-electron chi connectivity index (χ4n) is 2.43. The second kappa shape index (κ2) is 4.56. The number of aryl methyl sites for hydroxylation is 1. The summed E-state index contributed by atoms with van der Waals surface area (Å²) in [5.74, 6) is 0. The number of ether oxygens (including phenoxy) is 1. The van der Waals surface area contributed by atoms with Gasteiger partial charge in [0.25, 0.3) is 0 Å². The van der Waals surface area contributed by atoms with Crippen LogP contribution in [0.2, 0.25) is 0 Å². The zero-order chi connectivity index (χ0) is 11.6. The van der Waals surface area contributed by atoms with Crippen LogP contribution in [0.1, 0.15) is 24.5 Å². The van der Waals surface area contributed by atoms with E-state index in [2.05, 4.69) is 43.4 Å². The van der Waals surface area contributed by atoms with Crippen molar-refractivity contribution in [3.63, 3.8) is 0 Å². The molecule has 2 heteroatoms. The van der Waals surface area contributed by atoms with Crippen LogP contribution in [0.5, 0.6) is 0 Å². The predicted molar refractivity (Wildman–Crippen MR) is 66.8 cm³/mol. The number of benzene rings is 1. The molecule has 0 aromatic heterocycles. The maximum atomic E-state index is 5.40. The van der Waals surface area contributed by atoms with Crippen LogP contribution in [-0.4, -0.2) is 26.3 Å². The number of hydrogen-bond acceptors (Lipinski definition) is 2. The van der Waals surface area contributed by atoms with Crippen LogP contribution in [0.4, 0.5) is 0 Å². The van der Waals surface area contributed by atoms with E-state index in [0.29, 0.717) is 11.5 Å². The zero-order valence-corrected chi connectivity index (χ0v) is 10.4. The van der Waals surface area contributed by atoms with Gasteiger partial charge in [0.05, 0.1) is 6.10 Å². The number of rotatable bonds is 4. The maximum absolute atomic E-state index is 5.40. The van der Waals surface area contributed by atoms with Gasteiger partial charge in [-0.25, -0.2) is 0 Å². The van der Waals surface area contributed by atoms with Crippen molar-refractivity contribution >= 4 is 0 Å². The van der Waals surface area contributed by atoms with Gasteiger partial charge in [0.1, 0.15) is 0 Å². The Morgan fingerprint density at radius 2 is 1.94 bits per heavy atom. The molecular formula is C14H21NO. The lowest BCUT2D eigenvalue weighted by Crippen LogP contribution is -2.58. The molecule has 1 fully saturated rings. The van der Waals surface area contributed by atoms with Gasteiger partial charge in [-0.05, 0) is 25.8 Å². The van der Waals surface area contributed by atoms with Gasteiger partial charge in [0.2, 0.25) is 0 Å². The van der Waals surface area contributed by atoms with Crippen molar-refractivity contribution < 1.29 is 4.74 Å². The molecule has 88 valence electrons. The molecule has 1 atom stereocenters. The Hall–Kier alpha value is -0.860. The predicted octanol–water partition coefficient (Wildman–Crippen LogP) is 2.26. The van der Waals surface area contributed by atoms with E-state index >= 15 is 0 Å². The van der Waals surface area contributed by atoms with Crippen molar-refractivity contribution in [2.45, 2.75) is 31.8 Å². The fraction of sp³-hybridized carbons (Fsp3) is 0.571. The lowest BCUT2D eigenvalue weighted by Gasteiger charge is -2.44. The smallest absolute Gasteiger partial charge is 0.0552 e. The minimum absolute atomic E-state index is 0.295. The summed E-state index contributed by atoms with van der Waals surface area (Å²) in [5.41, 5.74) is 3.06. The molecular weight excluding hydrogens is 198 g/mol. The molecule has 0 radical (unpaired) electrons. The third-order valence-corrected chi connectivity index (χ3v) is 3.67. The highest BCUT2D eigenvalue weighted by molar-refractivity contribution is 5.32. The van der Waals surface area contributed by atoms with Crippen LogP contribution in [0, 0.1) is 6.92 Å². The molecule has 1 saturated heterocycles. The quantitative estimate of drug-likeness (QED) is 0.838.